The molecule has 0 aromatic rings. The molecule has 10 nitrogen and oxygen atoms in total. The Morgan fingerprint density at radius 3 is 2.62 bits per heavy atom. The average molecular weight is 493 g/mol. The molecular formula is C18H38F3N7O3S. The number of nitrogens with zero attached hydrogens (tertiary/aromatic N) is 1. The highest BCUT2D eigenvalue weighted by molar-refractivity contribution is 7.89. The lowest BCUT2D eigenvalue weighted by molar-refractivity contribution is -0.183. The Labute approximate surface area is 192 Å². The molecule has 2 fully saturated rings. The van der Waals surface area contributed by atoms with E-state index in [0.717, 1.165) is 4.31 Å². The third-order valence-corrected chi connectivity index (χ3v) is 8.70. The van der Waals surface area contributed by atoms with Crippen LogP contribution in [0.1, 0.15) is 17.0 Å². The number of hydrogen-bond donors (Lipinski definition) is 6. The number of nitrogens with one attached hydrogen (secondary N) is 4. The number of methoxy groups -OCH3 is 1. The number of likely N-dealkylation sites (N-methyl/N-ethyl adjacent to an activating group) is 2. The van der Waals surface area contributed by atoms with Crippen molar-refractivity contribution in [2.45, 2.75) is 48.7 Å². The highest BCUT2D eigenvalue weighted by Gasteiger charge is 2.46. The summed E-state index contributed by atoms with van der Waals surface area (Å²) in [7, 11) is -1.47. The molecule has 0 aromatic heterocycles. The van der Waals surface area contributed by atoms with Crippen LogP contribution in [-0.2, 0) is 14.8 Å². The van der Waals surface area contributed by atoms with Crippen molar-refractivity contribution in [3.63, 3.8) is 0 Å². The van der Waals surface area contributed by atoms with Gasteiger partial charge in [0.25, 0.3) is 0 Å². The van der Waals surface area contributed by atoms with Crippen molar-refractivity contribution in [2.24, 2.45) is 23.3 Å². The van der Waals surface area contributed by atoms with Crippen LogP contribution >= 0.6 is 0 Å². The maximum atomic E-state index is 13.5. The summed E-state index contributed by atoms with van der Waals surface area (Å²) in [6.45, 7) is -2.51. The van der Waals surface area contributed by atoms with E-state index in [4.69, 9.17) is 20.3 Å². The lowest BCUT2D eigenvalue weighted by Gasteiger charge is -2.46. The largest absolute Gasteiger partial charge is 0.391 e. The second-order valence-corrected chi connectivity index (χ2v) is 10.6. The quantitative estimate of drug-likeness (QED) is 0.207. The number of rotatable bonds is 10. The van der Waals surface area contributed by atoms with Gasteiger partial charge in [-0.05, 0) is 32.9 Å². The van der Waals surface area contributed by atoms with Gasteiger partial charge >= 0.3 is 6.18 Å². The SMILES string of the molecule is [2H]C([2H])([2H])NC1C(CN)CNC(OC)C1N(C)S(=O)(=O)C(CN)CNC1CC(C(F)(F)F)CCN1. The lowest BCUT2D eigenvalue weighted by atomic mass is 9.88. The van der Waals surface area contributed by atoms with Crippen molar-refractivity contribution in [3.05, 3.63) is 0 Å². The van der Waals surface area contributed by atoms with Crippen LogP contribution in [0, 0.1) is 11.8 Å². The van der Waals surface area contributed by atoms with E-state index in [1.165, 1.54) is 14.2 Å². The van der Waals surface area contributed by atoms with Crippen LogP contribution in [0.2, 0.25) is 0 Å². The fourth-order valence-electron chi connectivity index (χ4n) is 4.41. The second kappa shape index (κ2) is 11.7. The summed E-state index contributed by atoms with van der Waals surface area (Å²) in [5, 5.41) is 10.2. The highest BCUT2D eigenvalue weighted by Crippen LogP contribution is 2.33. The van der Waals surface area contributed by atoms with E-state index < -0.39 is 64.7 Å². The first kappa shape index (κ1) is 23.2. The van der Waals surface area contributed by atoms with Gasteiger partial charge in [0.05, 0.1) is 18.1 Å². The monoisotopic (exact) mass is 492 g/mol. The molecule has 2 heterocycles. The Morgan fingerprint density at radius 2 is 2.06 bits per heavy atom. The molecule has 7 unspecified atom stereocenters. The number of hydrogen-bond acceptors (Lipinski definition) is 9. The molecule has 0 saturated carbocycles. The van der Waals surface area contributed by atoms with Gasteiger partial charge in [0.15, 0.2) is 0 Å². The summed E-state index contributed by atoms with van der Waals surface area (Å²) in [5.41, 5.74) is 11.6. The van der Waals surface area contributed by atoms with Crippen molar-refractivity contribution in [2.75, 3.05) is 53.9 Å². The first-order valence-corrected chi connectivity index (χ1v) is 12.1. The molecule has 0 amide bonds. The maximum Gasteiger partial charge on any atom is 0.391 e. The lowest BCUT2D eigenvalue weighted by Crippen LogP contribution is -2.69. The van der Waals surface area contributed by atoms with Crippen LogP contribution in [0.4, 0.5) is 13.2 Å². The van der Waals surface area contributed by atoms with Crippen molar-refractivity contribution in [3.8, 4) is 0 Å². The Kier molecular flexibility index (Phi) is 8.48. The average Bonchev–Trinajstić information content (AvgIpc) is 2.77. The van der Waals surface area contributed by atoms with Crippen LogP contribution in [0.25, 0.3) is 0 Å². The van der Waals surface area contributed by atoms with E-state index in [1.54, 1.807) is 0 Å². The molecule has 8 N–H and O–H groups in total. The third kappa shape index (κ3) is 6.30. The standard InChI is InChI=1S/C18H38F3N7O3S/c1-24-15-11(7-22)9-27-17(31-3)16(15)28(2)32(29,30)13(8-23)10-26-14-6-12(4-5-25-14)18(19,20)21/h11-17,24-27H,4-10,22-23H2,1-3H3/i1D3. The van der Waals surface area contributed by atoms with Gasteiger partial charge in [-0.1, -0.05) is 0 Å². The van der Waals surface area contributed by atoms with Crippen molar-refractivity contribution < 1.29 is 30.4 Å². The van der Waals surface area contributed by atoms with Gasteiger partial charge in [0.1, 0.15) is 11.5 Å². The molecule has 0 bridgehead atoms. The predicted molar refractivity (Wildman–Crippen MR) is 116 cm³/mol. The molecule has 14 heteroatoms. The first-order chi connectivity index (χ1) is 16.2. The van der Waals surface area contributed by atoms with Crippen molar-refractivity contribution in [1.82, 2.24) is 25.6 Å². The number of ether oxygens (including phenoxy) is 1. The molecule has 2 aliphatic heterocycles. The number of nitrogens with two attached hydrogens (primary N) is 2. The Morgan fingerprint density at radius 1 is 1.34 bits per heavy atom. The zero-order valence-corrected chi connectivity index (χ0v) is 19.2. The van der Waals surface area contributed by atoms with Gasteiger partial charge in [-0.15, -0.1) is 0 Å². The third-order valence-electron chi connectivity index (χ3n) is 6.45. The molecule has 2 aliphatic rings. The molecule has 0 aromatic carbocycles. The van der Waals surface area contributed by atoms with E-state index >= 15 is 0 Å². The topological polar surface area (TPSA) is 147 Å². The van der Waals surface area contributed by atoms with E-state index in [-0.39, 0.29) is 39.0 Å². The fourth-order valence-corrected chi connectivity index (χ4v) is 6.02. The van der Waals surface area contributed by atoms with Crippen LogP contribution in [0.5, 0.6) is 0 Å². The molecule has 0 spiro atoms. The van der Waals surface area contributed by atoms with Gasteiger partial charge in [-0.25, -0.2) is 8.42 Å². The van der Waals surface area contributed by atoms with E-state index in [0.29, 0.717) is 6.54 Å². The van der Waals surface area contributed by atoms with Gasteiger partial charge in [0, 0.05) is 49.9 Å². The normalized spacial score (nSPS) is 35.2. The molecule has 2 saturated heterocycles. The first-order valence-electron chi connectivity index (χ1n) is 12.1. The minimum absolute atomic E-state index is 0.0453. The minimum atomic E-state index is -4.32. The predicted octanol–water partition coefficient (Wildman–Crippen LogP) is -1.84. The fraction of sp³-hybridized carbons (Fsp3) is 1.00. The van der Waals surface area contributed by atoms with Crippen molar-refractivity contribution >= 4 is 10.0 Å². The number of alkyl halides is 3. The van der Waals surface area contributed by atoms with Crippen LogP contribution < -0.4 is 32.7 Å². The molecular weight excluding hydrogens is 451 g/mol. The van der Waals surface area contributed by atoms with Gasteiger partial charge in [-0.3, -0.25) is 5.32 Å². The summed E-state index contributed by atoms with van der Waals surface area (Å²) in [6.07, 6.45) is -6.15. The van der Waals surface area contributed by atoms with Crippen LogP contribution in [0.15, 0.2) is 0 Å². The molecule has 32 heavy (non-hydrogen) atoms. The maximum absolute atomic E-state index is 13.5. The van der Waals surface area contributed by atoms with E-state index in [2.05, 4.69) is 21.3 Å². The molecule has 190 valence electrons. The number of sulfonamides is 1. The number of halogens is 3. The van der Waals surface area contributed by atoms with E-state index in [1.807, 2.05) is 0 Å². The Balaban J connectivity index is 2.21. The smallest absolute Gasteiger partial charge is 0.365 e. The summed E-state index contributed by atoms with van der Waals surface area (Å²) in [5.74, 6) is -1.89. The van der Waals surface area contributed by atoms with Crippen LogP contribution in [0.3, 0.4) is 0 Å². The number of piperidine rings is 2. The van der Waals surface area contributed by atoms with Gasteiger partial charge in [0.2, 0.25) is 10.0 Å². The van der Waals surface area contributed by atoms with Gasteiger partial charge in [-0.2, -0.15) is 17.5 Å². The molecule has 7 atom stereocenters. The molecule has 0 radical (unpaired) electrons. The Bertz CT molecular complexity index is 779. The Hall–Kier alpha value is -0.580. The second-order valence-electron chi connectivity index (χ2n) is 8.32. The van der Waals surface area contributed by atoms with Crippen LogP contribution in [-0.4, -0.2) is 102 Å². The summed E-state index contributed by atoms with van der Waals surface area (Å²) >= 11 is 0. The minimum Gasteiger partial charge on any atom is -0.365 e. The zero-order valence-electron chi connectivity index (χ0n) is 21.4. The van der Waals surface area contributed by atoms with Crippen molar-refractivity contribution in [1.29, 1.82) is 0 Å². The van der Waals surface area contributed by atoms with Gasteiger partial charge < -0.3 is 32.2 Å². The molecule has 2 rings (SSSR count). The highest BCUT2D eigenvalue weighted by atomic mass is 32.2. The summed E-state index contributed by atoms with van der Waals surface area (Å²) < 4.78 is 95.8. The van der Waals surface area contributed by atoms with E-state index in [9.17, 15) is 21.6 Å². The molecule has 0 aliphatic carbocycles. The zero-order chi connectivity index (χ0) is 26.6. The summed E-state index contributed by atoms with van der Waals surface area (Å²) in [4.78, 5) is 0. The summed E-state index contributed by atoms with van der Waals surface area (Å²) in [6, 6.07) is -1.85.